The summed E-state index contributed by atoms with van der Waals surface area (Å²) < 4.78 is 29.3. The van der Waals surface area contributed by atoms with Crippen LogP contribution in [0.15, 0.2) is 61.2 Å². The van der Waals surface area contributed by atoms with E-state index in [4.69, 9.17) is 23.7 Å². The molecule has 3 amide bonds. The van der Waals surface area contributed by atoms with Gasteiger partial charge in [0.2, 0.25) is 0 Å². The van der Waals surface area contributed by atoms with Crippen molar-refractivity contribution in [2.24, 2.45) is 5.41 Å². The molecule has 1 spiro atoms. The summed E-state index contributed by atoms with van der Waals surface area (Å²) >= 11 is 0. The molecule has 0 radical (unpaired) electrons. The Hall–Kier alpha value is -5.39. The van der Waals surface area contributed by atoms with E-state index in [1.54, 1.807) is 25.3 Å². The lowest BCUT2D eigenvalue weighted by Crippen LogP contribution is -2.48. The van der Waals surface area contributed by atoms with Crippen molar-refractivity contribution < 1.29 is 38.1 Å². The maximum atomic E-state index is 14.1. The van der Waals surface area contributed by atoms with Gasteiger partial charge in [0.25, 0.3) is 11.8 Å². The highest BCUT2D eigenvalue weighted by Gasteiger charge is 2.54. The summed E-state index contributed by atoms with van der Waals surface area (Å²) in [7, 11) is 3.14. The topological polar surface area (TPSA) is 119 Å². The Balaban J connectivity index is 0.901. The van der Waals surface area contributed by atoms with Crippen molar-refractivity contribution in [2.75, 3.05) is 63.9 Å². The molecule has 1 saturated carbocycles. The first-order valence-electron chi connectivity index (χ1n) is 19.0. The van der Waals surface area contributed by atoms with Gasteiger partial charge in [-0.3, -0.25) is 14.5 Å². The monoisotopic (exact) mass is 736 g/mol. The van der Waals surface area contributed by atoms with Crippen LogP contribution in [0.2, 0.25) is 0 Å². The zero-order chi connectivity index (χ0) is 37.4. The fourth-order valence-corrected chi connectivity index (χ4v) is 8.46. The van der Waals surface area contributed by atoms with Gasteiger partial charge in [0.05, 0.1) is 62.5 Å². The molecule has 4 aliphatic heterocycles. The fraction of sp³-hybridized carbons (Fsp3) is 0.452. The van der Waals surface area contributed by atoms with Gasteiger partial charge < -0.3 is 38.8 Å². The van der Waals surface area contributed by atoms with Crippen molar-refractivity contribution >= 4 is 29.3 Å². The number of benzene rings is 3. The number of methoxy groups -OCH3 is 2. The number of carbonyl (C=O) groups excluding carboxylic acids is 3. The number of carbonyl (C=O) groups is 3. The number of amides is 3. The van der Waals surface area contributed by atoms with Crippen molar-refractivity contribution in [1.29, 1.82) is 0 Å². The first kappa shape index (κ1) is 35.6. The maximum Gasteiger partial charge on any atom is 0.414 e. The Morgan fingerprint density at radius 2 is 1.56 bits per heavy atom. The average Bonchev–Trinajstić information content (AvgIpc) is 3.90. The first-order chi connectivity index (χ1) is 26.3. The Labute approximate surface area is 315 Å². The van der Waals surface area contributed by atoms with Crippen LogP contribution in [-0.4, -0.2) is 93.5 Å². The SMILES string of the molecule is C=CCOC(=O)N1C[C@@H]2Cc3ccccc3CN2C(=O)c2cc(OC)c(OCCCCCOc3cc4c(cc3OC)C(=O)N3CC5(CC5)C[C@H]3CN4)cc21. The molecule has 2 atom stereocenters. The summed E-state index contributed by atoms with van der Waals surface area (Å²) in [4.78, 5) is 46.5. The Kier molecular flexibility index (Phi) is 9.76. The minimum Gasteiger partial charge on any atom is -0.493 e. The van der Waals surface area contributed by atoms with E-state index in [0.29, 0.717) is 71.4 Å². The molecule has 12 nitrogen and oxygen atoms in total. The number of anilines is 2. The molecular formula is C42H48N4O8. The van der Waals surface area contributed by atoms with E-state index in [-0.39, 0.29) is 37.0 Å². The molecule has 5 aliphatic rings. The number of hydrogen-bond donors (Lipinski definition) is 1. The lowest BCUT2D eigenvalue weighted by Gasteiger charge is -2.36. The third-order valence-corrected chi connectivity index (χ3v) is 11.6. The highest BCUT2D eigenvalue weighted by molar-refractivity contribution is 6.06. The highest BCUT2D eigenvalue weighted by atomic mass is 16.6. The molecule has 8 rings (SSSR count). The van der Waals surface area contributed by atoms with E-state index < -0.39 is 6.09 Å². The van der Waals surface area contributed by atoms with Gasteiger partial charge in [-0.2, -0.15) is 0 Å². The summed E-state index contributed by atoms with van der Waals surface area (Å²) in [6.45, 7) is 6.89. The fourth-order valence-electron chi connectivity index (χ4n) is 8.46. The van der Waals surface area contributed by atoms with E-state index in [9.17, 15) is 14.4 Å². The number of rotatable bonds is 12. The van der Waals surface area contributed by atoms with Crippen molar-refractivity contribution in [1.82, 2.24) is 9.80 Å². The quantitative estimate of drug-likeness (QED) is 0.165. The third kappa shape index (κ3) is 6.78. The summed E-state index contributed by atoms with van der Waals surface area (Å²) in [5.41, 5.74) is 4.81. The predicted octanol–water partition coefficient (Wildman–Crippen LogP) is 6.46. The number of nitrogens with one attached hydrogen (secondary N) is 1. The number of nitrogens with zero attached hydrogens (tertiary/aromatic N) is 3. The van der Waals surface area contributed by atoms with Crippen LogP contribution in [0, 0.1) is 5.41 Å². The summed E-state index contributed by atoms with van der Waals surface area (Å²) in [6.07, 6.45) is 7.43. The maximum absolute atomic E-state index is 14.1. The molecule has 1 saturated heterocycles. The third-order valence-electron chi connectivity index (χ3n) is 11.6. The van der Waals surface area contributed by atoms with Gasteiger partial charge in [-0.15, -0.1) is 0 Å². The molecule has 0 unspecified atom stereocenters. The van der Waals surface area contributed by atoms with Crippen LogP contribution in [0.25, 0.3) is 0 Å². The van der Waals surface area contributed by atoms with Gasteiger partial charge in [-0.1, -0.05) is 36.9 Å². The van der Waals surface area contributed by atoms with Gasteiger partial charge in [0.15, 0.2) is 23.0 Å². The van der Waals surface area contributed by atoms with Crippen LogP contribution in [0.5, 0.6) is 23.0 Å². The Bertz CT molecular complexity index is 1960. The van der Waals surface area contributed by atoms with Gasteiger partial charge >= 0.3 is 6.09 Å². The van der Waals surface area contributed by atoms with Crippen molar-refractivity contribution in [3.63, 3.8) is 0 Å². The second-order valence-electron chi connectivity index (χ2n) is 15.0. The molecular weight excluding hydrogens is 688 g/mol. The zero-order valence-electron chi connectivity index (χ0n) is 31.1. The number of fused-ring (bicyclic) bond motifs is 5. The normalized spacial score (nSPS) is 20.3. The van der Waals surface area contributed by atoms with Gasteiger partial charge in [-0.05, 0) is 73.6 Å². The van der Waals surface area contributed by atoms with Crippen LogP contribution in [0.4, 0.5) is 16.2 Å². The van der Waals surface area contributed by atoms with E-state index in [2.05, 4.69) is 18.0 Å². The number of hydrogen-bond acceptors (Lipinski definition) is 9. The molecule has 0 bridgehead atoms. The van der Waals surface area contributed by atoms with Crippen LogP contribution in [-0.2, 0) is 17.7 Å². The predicted molar refractivity (Wildman–Crippen MR) is 203 cm³/mol. The Morgan fingerprint density at radius 1 is 0.870 bits per heavy atom. The summed E-state index contributed by atoms with van der Waals surface area (Å²) in [6, 6.07) is 15.2. The molecule has 54 heavy (non-hydrogen) atoms. The average molecular weight is 737 g/mol. The summed E-state index contributed by atoms with van der Waals surface area (Å²) in [5, 5.41) is 3.51. The van der Waals surface area contributed by atoms with E-state index in [0.717, 1.165) is 50.0 Å². The van der Waals surface area contributed by atoms with Crippen molar-refractivity contribution in [3.8, 4) is 23.0 Å². The number of ether oxygens (including phenoxy) is 5. The second kappa shape index (κ2) is 14.8. The molecule has 4 heterocycles. The standard InChI is InChI=1S/C42H48N4O8/c1-4-14-54-41(49)45-25-29-17-27-10-6-7-11-28(27)24-44(29)40(48)32-19-36(51-3)38(21-34(32)45)53-16-9-5-8-15-52-37-20-33-31(18-35(37)50-2)39(47)46-26-42(12-13-42)22-30(46)23-43-33/h4,6-7,10-11,18-21,29-30,43H,1,5,8-9,12-17,22-26H2,2-3H3/t29-,30-/m0/s1. The summed E-state index contributed by atoms with van der Waals surface area (Å²) in [5.74, 6) is 1.89. The molecule has 12 heteroatoms. The zero-order valence-corrected chi connectivity index (χ0v) is 31.1. The van der Waals surface area contributed by atoms with E-state index in [1.165, 1.54) is 36.5 Å². The minimum absolute atomic E-state index is 0.0501. The minimum atomic E-state index is -0.555. The lowest BCUT2D eigenvalue weighted by molar-refractivity contribution is 0.0654. The van der Waals surface area contributed by atoms with Gasteiger partial charge in [0, 0.05) is 37.8 Å². The second-order valence-corrected chi connectivity index (χ2v) is 15.0. The Morgan fingerprint density at radius 3 is 2.26 bits per heavy atom. The van der Waals surface area contributed by atoms with Crippen LogP contribution in [0.3, 0.4) is 0 Å². The number of unbranched alkanes of at least 4 members (excludes halogenated alkanes) is 2. The van der Waals surface area contributed by atoms with Crippen LogP contribution < -0.4 is 29.2 Å². The van der Waals surface area contributed by atoms with Crippen molar-refractivity contribution in [2.45, 2.75) is 63.6 Å². The van der Waals surface area contributed by atoms with Crippen LogP contribution in [0.1, 0.15) is 70.4 Å². The van der Waals surface area contributed by atoms with Crippen LogP contribution >= 0.6 is 0 Å². The molecule has 3 aromatic carbocycles. The lowest BCUT2D eigenvalue weighted by atomic mass is 9.93. The molecule has 284 valence electrons. The van der Waals surface area contributed by atoms with E-state index in [1.807, 2.05) is 34.1 Å². The molecule has 0 aromatic heterocycles. The largest absolute Gasteiger partial charge is 0.493 e. The first-order valence-corrected chi connectivity index (χ1v) is 19.0. The molecule has 2 fully saturated rings. The smallest absolute Gasteiger partial charge is 0.414 e. The molecule has 3 aromatic rings. The van der Waals surface area contributed by atoms with Gasteiger partial charge in [0.1, 0.15) is 6.61 Å². The van der Waals surface area contributed by atoms with Gasteiger partial charge in [-0.25, -0.2) is 4.79 Å². The molecule has 1 N–H and O–H groups in total. The highest BCUT2D eigenvalue weighted by Crippen LogP contribution is 2.55. The van der Waals surface area contributed by atoms with E-state index >= 15 is 0 Å². The molecule has 1 aliphatic carbocycles. The van der Waals surface area contributed by atoms with Crippen molar-refractivity contribution in [3.05, 3.63) is 83.4 Å².